The average Bonchev–Trinajstić information content (AvgIpc) is 3.50. The molecule has 0 radical (unpaired) electrons. The summed E-state index contributed by atoms with van der Waals surface area (Å²) in [5.74, 6) is 0.134. The third-order valence-electron chi connectivity index (χ3n) is 5.42. The number of carbonyl (C=O) groups is 2. The second kappa shape index (κ2) is 9.39. The van der Waals surface area contributed by atoms with Gasteiger partial charge in [-0.3, -0.25) is 14.4 Å². The molecule has 1 saturated heterocycles. The molecule has 1 aliphatic rings. The van der Waals surface area contributed by atoms with Crippen molar-refractivity contribution >= 4 is 23.5 Å². The number of urea groups is 1. The van der Waals surface area contributed by atoms with Crippen LogP contribution < -0.4 is 10.2 Å². The van der Waals surface area contributed by atoms with Gasteiger partial charge in [0.05, 0.1) is 0 Å². The molecule has 3 aromatic rings. The van der Waals surface area contributed by atoms with Gasteiger partial charge < -0.3 is 14.6 Å². The smallest absolute Gasteiger partial charge is 0.405 e. The normalized spacial score (nSPS) is 14.3. The van der Waals surface area contributed by atoms with Crippen molar-refractivity contribution in [3.8, 4) is 11.5 Å². The summed E-state index contributed by atoms with van der Waals surface area (Å²) in [5, 5.41) is 6.57. The van der Waals surface area contributed by atoms with Gasteiger partial charge in [-0.1, -0.05) is 0 Å². The Labute approximate surface area is 198 Å². The van der Waals surface area contributed by atoms with E-state index in [0.29, 0.717) is 30.0 Å². The van der Waals surface area contributed by atoms with Crippen molar-refractivity contribution in [2.24, 2.45) is 7.05 Å². The largest absolute Gasteiger partial charge is 0.444 e. The highest BCUT2D eigenvalue weighted by Crippen LogP contribution is 2.26. The van der Waals surface area contributed by atoms with E-state index in [9.17, 15) is 22.8 Å². The minimum absolute atomic E-state index is 0.00312. The monoisotopic (exact) mass is 491 g/mol. The number of hydrogen-bond acceptors (Lipinski definition) is 7. The van der Waals surface area contributed by atoms with Gasteiger partial charge in [0, 0.05) is 56.1 Å². The Morgan fingerprint density at radius 3 is 2.74 bits per heavy atom. The van der Waals surface area contributed by atoms with Crippen LogP contribution in [0.15, 0.2) is 35.2 Å². The predicted octanol–water partition coefficient (Wildman–Crippen LogP) is 3.52. The van der Waals surface area contributed by atoms with Crippen LogP contribution in [0.3, 0.4) is 0 Å². The molecule has 35 heavy (non-hydrogen) atoms. The van der Waals surface area contributed by atoms with Crippen LogP contribution in [-0.4, -0.2) is 68.3 Å². The van der Waals surface area contributed by atoms with E-state index in [-0.39, 0.29) is 41.7 Å². The molecule has 3 aromatic heterocycles. The van der Waals surface area contributed by atoms with E-state index in [0.717, 1.165) is 0 Å². The lowest BCUT2D eigenvalue weighted by molar-refractivity contribution is -0.115. The number of halogens is 3. The summed E-state index contributed by atoms with van der Waals surface area (Å²) in [5.41, 5.74) is 0.985. The number of oxazole rings is 1. The first kappa shape index (κ1) is 24.2. The topological polar surface area (TPSA) is 109 Å². The molecule has 0 atom stereocenters. The maximum absolute atomic E-state index is 12.9. The van der Waals surface area contributed by atoms with E-state index in [1.165, 1.54) is 24.6 Å². The van der Waals surface area contributed by atoms with Crippen molar-refractivity contribution in [2.45, 2.75) is 32.5 Å². The molecule has 13 heteroatoms. The third kappa shape index (κ3) is 5.44. The lowest BCUT2D eigenvalue weighted by Gasteiger charge is -2.21. The van der Waals surface area contributed by atoms with E-state index >= 15 is 0 Å². The van der Waals surface area contributed by atoms with Gasteiger partial charge in [0.25, 0.3) is 0 Å². The zero-order chi connectivity index (χ0) is 25.3. The number of Topliss-reactive ketones (excluding diaryl/α,β-unsaturated/α-hetero) is 1. The van der Waals surface area contributed by atoms with Crippen LogP contribution >= 0.6 is 0 Å². The molecular formula is C22H24F3N7O3. The Morgan fingerprint density at radius 2 is 2.06 bits per heavy atom. The summed E-state index contributed by atoms with van der Waals surface area (Å²) in [7, 11) is 1.71. The number of nitrogens with one attached hydrogen (secondary N) is 1. The fourth-order valence-corrected chi connectivity index (χ4v) is 3.76. The van der Waals surface area contributed by atoms with E-state index in [4.69, 9.17) is 4.42 Å². The molecule has 4 rings (SSSR count). The molecule has 1 aliphatic heterocycles. The second-order valence-electron chi connectivity index (χ2n) is 8.41. The van der Waals surface area contributed by atoms with Crippen molar-refractivity contribution in [3.63, 3.8) is 0 Å². The number of amides is 2. The number of anilines is 2. The van der Waals surface area contributed by atoms with Gasteiger partial charge in [-0.15, -0.1) is 0 Å². The molecule has 10 nitrogen and oxygen atoms in total. The molecule has 2 amide bonds. The summed E-state index contributed by atoms with van der Waals surface area (Å²) >= 11 is 0. The Morgan fingerprint density at radius 1 is 1.29 bits per heavy atom. The van der Waals surface area contributed by atoms with Crippen LogP contribution in [0.2, 0.25) is 0 Å². The summed E-state index contributed by atoms with van der Waals surface area (Å²) in [6.45, 7) is 3.67. The number of aromatic nitrogens is 4. The zero-order valence-electron chi connectivity index (χ0n) is 19.3. The first-order valence-electron chi connectivity index (χ1n) is 10.9. The van der Waals surface area contributed by atoms with Crippen molar-refractivity contribution in [2.75, 3.05) is 29.9 Å². The number of nitrogens with zero attached hydrogens (tertiary/aromatic N) is 6. The van der Waals surface area contributed by atoms with Gasteiger partial charge in [0.2, 0.25) is 5.89 Å². The number of pyridine rings is 1. The van der Waals surface area contributed by atoms with Crippen molar-refractivity contribution in [1.29, 1.82) is 0 Å². The molecule has 0 unspecified atom stereocenters. The summed E-state index contributed by atoms with van der Waals surface area (Å²) in [4.78, 5) is 37.1. The highest BCUT2D eigenvalue weighted by Gasteiger charge is 2.34. The van der Waals surface area contributed by atoms with Crippen molar-refractivity contribution in [1.82, 2.24) is 24.6 Å². The van der Waals surface area contributed by atoms with E-state index in [2.05, 4.69) is 20.4 Å². The minimum atomic E-state index is -4.39. The summed E-state index contributed by atoms with van der Waals surface area (Å²) in [6.07, 6.45) is -0.262. The lowest BCUT2D eigenvalue weighted by atomic mass is 10.1. The van der Waals surface area contributed by atoms with Crippen LogP contribution in [0.1, 0.15) is 29.9 Å². The van der Waals surface area contributed by atoms with Crippen molar-refractivity contribution < 1.29 is 27.2 Å². The van der Waals surface area contributed by atoms with E-state index in [1.807, 2.05) is 13.8 Å². The van der Waals surface area contributed by atoms with Crippen LogP contribution in [0, 0.1) is 0 Å². The Balaban J connectivity index is 1.49. The second-order valence-corrected chi connectivity index (χ2v) is 8.41. The quantitative estimate of drug-likeness (QED) is 0.480. The fraction of sp³-hybridized carbons (Fsp3) is 0.409. The van der Waals surface area contributed by atoms with Crippen LogP contribution in [0.25, 0.3) is 11.5 Å². The Bertz CT molecular complexity index is 1240. The molecule has 1 N–H and O–H groups in total. The van der Waals surface area contributed by atoms with E-state index in [1.54, 1.807) is 27.7 Å². The number of alkyl halides is 3. The van der Waals surface area contributed by atoms with Crippen LogP contribution in [0.4, 0.5) is 29.6 Å². The molecule has 0 spiro atoms. The third-order valence-corrected chi connectivity index (χ3v) is 5.42. The molecule has 0 saturated carbocycles. The molecule has 0 aromatic carbocycles. The SMILES string of the molecule is CC(C)N1CCN(c2nn(C)cc2CC(=O)c2coc(-c3ccnc(NCC(F)(F)F)c3)n2)C1=O. The predicted molar refractivity (Wildman–Crippen MR) is 120 cm³/mol. The van der Waals surface area contributed by atoms with Crippen LogP contribution in [0.5, 0.6) is 0 Å². The standard InChI is InChI=1S/C22H24F3N7O3/c1-13(2)31-6-7-32(21(31)34)19-15(10-30(3)29-19)8-17(33)16-11-35-20(28-16)14-4-5-26-18(9-14)27-12-22(23,24)25/h4-5,9-11,13H,6-8,12H2,1-3H3,(H,26,27). The molecule has 4 heterocycles. The Hall–Kier alpha value is -3.90. The fourth-order valence-electron chi connectivity index (χ4n) is 3.76. The number of carbonyl (C=O) groups excluding carboxylic acids is 2. The van der Waals surface area contributed by atoms with Gasteiger partial charge in [-0.2, -0.15) is 18.3 Å². The first-order valence-corrected chi connectivity index (χ1v) is 10.9. The summed E-state index contributed by atoms with van der Waals surface area (Å²) < 4.78 is 44.3. The molecule has 186 valence electrons. The van der Waals surface area contributed by atoms with Gasteiger partial charge in [-0.25, -0.2) is 14.8 Å². The zero-order valence-corrected chi connectivity index (χ0v) is 19.3. The summed E-state index contributed by atoms with van der Waals surface area (Å²) in [6, 6.07) is 2.75. The van der Waals surface area contributed by atoms with Crippen molar-refractivity contribution in [3.05, 3.63) is 42.0 Å². The highest BCUT2D eigenvalue weighted by molar-refractivity contribution is 5.98. The van der Waals surface area contributed by atoms with Gasteiger partial charge in [0.1, 0.15) is 24.3 Å². The number of hydrogen-bond donors (Lipinski definition) is 1. The number of rotatable bonds is 8. The molecular weight excluding hydrogens is 467 g/mol. The highest BCUT2D eigenvalue weighted by atomic mass is 19.4. The first-order chi connectivity index (χ1) is 16.5. The van der Waals surface area contributed by atoms with E-state index < -0.39 is 12.7 Å². The lowest BCUT2D eigenvalue weighted by Crippen LogP contribution is -2.36. The Kier molecular flexibility index (Phi) is 6.50. The van der Waals surface area contributed by atoms with Crippen LogP contribution in [-0.2, 0) is 13.5 Å². The van der Waals surface area contributed by atoms with Gasteiger partial charge in [-0.05, 0) is 26.0 Å². The number of aryl methyl sites for hydroxylation is 1. The van der Waals surface area contributed by atoms with Gasteiger partial charge in [0.15, 0.2) is 11.6 Å². The van der Waals surface area contributed by atoms with Gasteiger partial charge >= 0.3 is 12.2 Å². The molecule has 0 aliphatic carbocycles. The molecule has 0 bridgehead atoms. The minimum Gasteiger partial charge on any atom is -0.444 e. The average molecular weight is 491 g/mol. The maximum atomic E-state index is 12.9. The molecule has 1 fully saturated rings. The maximum Gasteiger partial charge on any atom is 0.405 e. The number of ketones is 1.